The third-order valence-electron chi connectivity index (χ3n) is 3.04. The topological polar surface area (TPSA) is 29.1 Å². The zero-order valence-electron chi connectivity index (χ0n) is 9.10. The van der Waals surface area contributed by atoms with E-state index in [9.17, 15) is 4.79 Å². The van der Waals surface area contributed by atoms with Crippen LogP contribution >= 0.6 is 54.5 Å². The maximum absolute atomic E-state index is 12.0. The number of alkyl halides is 1. The zero-order chi connectivity index (χ0) is 12.5. The normalized spacial score (nSPS) is 16.6. The van der Waals surface area contributed by atoms with Crippen LogP contribution in [-0.2, 0) is 0 Å². The van der Waals surface area contributed by atoms with Crippen LogP contribution in [-0.4, -0.2) is 17.8 Å². The first kappa shape index (κ1) is 13.8. The Morgan fingerprint density at radius 3 is 2.76 bits per heavy atom. The van der Waals surface area contributed by atoms with Crippen molar-refractivity contribution >= 4 is 60.4 Å². The van der Waals surface area contributed by atoms with E-state index in [4.69, 9.17) is 0 Å². The van der Waals surface area contributed by atoms with E-state index in [1.807, 2.05) is 18.2 Å². The van der Waals surface area contributed by atoms with Crippen molar-refractivity contribution in [3.8, 4) is 0 Å². The van der Waals surface area contributed by atoms with Crippen molar-refractivity contribution in [3.05, 3.63) is 31.8 Å². The number of hydrogen-bond donors (Lipinski definition) is 1. The van der Waals surface area contributed by atoms with Crippen LogP contribution in [0.4, 0.5) is 0 Å². The van der Waals surface area contributed by atoms with Gasteiger partial charge in [0.2, 0.25) is 0 Å². The summed E-state index contributed by atoms with van der Waals surface area (Å²) in [4.78, 5) is 12.0. The SMILES string of the molecule is O=C(NCC1(CBr)CC1)c1cc(I)ccc1Br. The number of halogens is 3. The average Bonchev–Trinajstić information content (AvgIpc) is 3.10. The summed E-state index contributed by atoms with van der Waals surface area (Å²) in [6.07, 6.45) is 2.40. The molecule has 0 aliphatic heterocycles. The van der Waals surface area contributed by atoms with E-state index in [0.717, 1.165) is 19.9 Å². The summed E-state index contributed by atoms with van der Waals surface area (Å²) in [5.41, 5.74) is 1.02. The van der Waals surface area contributed by atoms with Crippen LogP contribution in [0.3, 0.4) is 0 Å². The highest BCUT2D eigenvalue weighted by Gasteiger charge is 2.41. The minimum Gasteiger partial charge on any atom is -0.351 e. The molecule has 0 saturated heterocycles. The highest BCUT2D eigenvalue weighted by atomic mass is 127. The van der Waals surface area contributed by atoms with Crippen molar-refractivity contribution in [1.82, 2.24) is 5.32 Å². The van der Waals surface area contributed by atoms with E-state index >= 15 is 0 Å². The number of hydrogen-bond acceptors (Lipinski definition) is 1. The summed E-state index contributed by atoms with van der Waals surface area (Å²) in [6, 6.07) is 5.78. The Hall–Kier alpha value is 0.380. The fourth-order valence-electron chi connectivity index (χ4n) is 1.57. The van der Waals surface area contributed by atoms with Crippen molar-refractivity contribution in [2.24, 2.45) is 5.41 Å². The number of nitrogens with one attached hydrogen (secondary N) is 1. The number of amides is 1. The highest BCUT2D eigenvalue weighted by molar-refractivity contribution is 14.1. The van der Waals surface area contributed by atoms with Gasteiger partial charge in [0, 0.05) is 19.9 Å². The smallest absolute Gasteiger partial charge is 0.252 e. The van der Waals surface area contributed by atoms with Crippen molar-refractivity contribution < 1.29 is 4.79 Å². The molecule has 0 unspecified atom stereocenters. The van der Waals surface area contributed by atoms with E-state index in [-0.39, 0.29) is 5.91 Å². The van der Waals surface area contributed by atoms with Gasteiger partial charge in [0.25, 0.3) is 5.91 Å². The molecule has 1 aliphatic rings. The largest absolute Gasteiger partial charge is 0.351 e. The van der Waals surface area contributed by atoms with E-state index in [2.05, 4.69) is 59.8 Å². The molecule has 0 aromatic heterocycles. The van der Waals surface area contributed by atoms with Crippen molar-refractivity contribution in [2.45, 2.75) is 12.8 Å². The summed E-state index contributed by atoms with van der Waals surface area (Å²) in [7, 11) is 0. The van der Waals surface area contributed by atoms with Gasteiger partial charge in [0.15, 0.2) is 0 Å². The fraction of sp³-hybridized carbons (Fsp3) is 0.417. The van der Waals surface area contributed by atoms with Gasteiger partial charge in [-0.1, -0.05) is 15.9 Å². The second-order valence-corrected chi connectivity index (χ2v) is 7.10. The van der Waals surface area contributed by atoms with Gasteiger partial charge >= 0.3 is 0 Å². The molecule has 92 valence electrons. The Morgan fingerprint density at radius 1 is 1.47 bits per heavy atom. The lowest BCUT2D eigenvalue weighted by molar-refractivity contribution is 0.0946. The number of carbonyl (C=O) groups is 1. The van der Waals surface area contributed by atoms with Crippen LogP contribution in [0.15, 0.2) is 22.7 Å². The van der Waals surface area contributed by atoms with Gasteiger partial charge in [-0.15, -0.1) is 0 Å². The van der Waals surface area contributed by atoms with Crippen molar-refractivity contribution in [1.29, 1.82) is 0 Å². The quantitative estimate of drug-likeness (QED) is 0.521. The average molecular weight is 473 g/mol. The molecule has 1 fully saturated rings. The van der Waals surface area contributed by atoms with Gasteiger partial charge in [-0.25, -0.2) is 0 Å². The van der Waals surface area contributed by atoms with Crippen LogP contribution in [0.5, 0.6) is 0 Å². The Kier molecular flexibility index (Phi) is 4.52. The summed E-state index contributed by atoms with van der Waals surface area (Å²) in [5.74, 6) is 0.00242. The lowest BCUT2D eigenvalue weighted by atomic mass is 10.1. The molecule has 1 aromatic rings. The summed E-state index contributed by atoms with van der Waals surface area (Å²) in [5, 5.41) is 3.98. The van der Waals surface area contributed by atoms with Crippen LogP contribution < -0.4 is 5.32 Å². The molecule has 2 nitrogen and oxygen atoms in total. The Morgan fingerprint density at radius 2 is 2.18 bits per heavy atom. The molecule has 0 spiro atoms. The Balaban J connectivity index is 2.02. The third-order valence-corrected chi connectivity index (χ3v) is 5.59. The highest BCUT2D eigenvalue weighted by Crippen LogP contribution is 2.46. The molecule has 1 aromatic carbocycles. The monoisotopic (exact) mass is 471 g/mol. The number of rotatable bonds is 4. The fourth-order valence-corrected chi connectivity index (χ4v) is 3.25. The van der Waals surface area contributed by atoms with E-state index in [0.29, 0.717) is 11.0 Å². The second kappa shape index (κ2) is 5.57. The molecule has 0 radical (unpaired) electrons. The molecule has 0 bridgehead atoms. The van der Waals surface area contributed by atoms with E-state index < -0.39 is 0 Å². The second-order valence-electron chi connectivity index (χ2n) is 4.44. The van der Waals surface area contributed by atoms with Gasteiger partial charge in [0.05, 0.1) is 5.56 Å². The molecular formula is C12H12Br2INO. The van der Waals surface area contributed by atoms with Gasteiger partial charge in [0.1, 0.15) is 0 Å². The summed E-state index contributed by atoms with van der Waals surface area (Å²) in [6.45, 7) is 0.759. The molecule has 1 N–H and O–H groups in total. The molecule has 0 atom stereocenters. The molecule has 5 heteroatoms. The van der Waals surface area contributed by atoms with Crippen molar-refractivity contribution in [3.63, 3.8) is 0 Å². The Labute approximate surface area is 131 Å². The van der Waals surface area contributed by atoms with Crippen LogP contribution in [0.1, 0.15) is 23.2 Å². The first-order valence-electron chi connectivity index (χ1n) is 5.36. The van der Waals surface area contributed by atoms with Crippen LogP contribution in [0.2, 0.25) is 0 Å². The first-order valence-corrected chi connectivity index (χ1v) is 8.35. The maximum Gasteiger partial charge on any atom is 0.252 e. The lowest BCUT2D eigenvalue weighted by Gasteiger charge is -2.13. The van der Waals surface area contributed by atoms with Crippen LogP contribution in [0, 0.1) is 8.99 Å². The number of benzene rings is 1. The lowest BCUT2D eigenvalue weighted by Crippen LogP contribution is -2.31. The number of carbonyl (C=O) groups excluding carboxylic acids is 1. The van der Waals surface area contributed by atoms with Crippen molar-refractivity contribution in [2.75, 3.05) is 11.9 Å². The van der Waals surface area contributed by atoms with Gasteiger partial charge < -0.3 is 5.32 Å². The minimum atomic E-state index is 0.00242. The molecule has 0 heterocycles. The molecule has 1 aliphatic carbocycles. The maximum atomic E-state index is 12.0. The first-order chi connectivity index (χ1) is 8.06. The standard InChI is InChI=1S/C12H12Br2INO/c13-6-12(3-4-12)7-16-11(17)9-5-8(15)1-2-10(9)14/h1-2,5H,3-4,6-7H2,(H,16,17). The molecule has 2 rings (SSSR count). The van der Waals surface area contributed by atoms with Gasteiger partial charge in [-0.3, -0.25) is 4.79 Å². The zero-order valence-corrected chi connectivity index (χ0v) is 14.4. The predicted molar refractivity (Wildman–Crippen MR) is 84.7 cm³/mol. The molecular weight excluding hydrogens is 461 g/mol. The summed E-state index contributed by atoms with van der Waals surface area (Å²) >= 11 is 9.13. The van der Waals surface area contributed by atoms with Crippen LogP contribution in [0.25, 0.3) is 0 Å². The van der Waals surface area contributed by atoms with E-state index in [1.165, 1.54) is 12.8 Å². The molecule has 1 saturated carbocycles. The Bertz CT molecular complexity index is 446. The van der Waals surface area contributed by atoms with Gasteiger partial charge in [-0.2, -0.15) is 0 Å². The van der Waals surface area contributed by atoms with Gasteiger partial charge in [-0.05, 0) is 75.0 Å². The molecule has 1 amide bonds. The minimum absolute atomic E-state index is 0.00242. The summed E-state index contributed by atoms with van der Waals surface area (Å²) < 4.78 is 1.91. The van der Waals surface area contributed by atoms with E-state index in [1.54, 1.807) is 0 Å². The predicted octanol–water partition coefficient (Wildman–Crippen LogP) is 3.96. The molecule has 17 heavy (non-hydrogen) atoms. The third kappa shape index (κ3) is 3.44.